The minimum atomic E-state index is -0.487. The van der Waals surface area contributed by atoms with Gasteiger partial charge < -0.3 is 15.4 Å². The molecule has 0 aliphatic heterocycles. The summed E-state index contributed by atoms with van der Waals surface area (Å²) in [5.41, 5.74) is 0.560. The zero-order chi connectivity index (χ0) is 16.8. The number of alkyl carbamates (subject to hydrolysis) is 1. The van der Waals surface area contributed by atoms with Crippen LogP contribution in [-0.2, 0) is 11.3 Å². The lowest BCUT2D eigenvalue weighted by atomic mass is 10.2. The molecule has 6 heteroatoms. The van der Waals surface area contributed by atoms with Gasteiger partial charge in [-0.2, -0.15) is 0 Å². The first-order valence-corrected chi connectivity index (χ1v) is 8.11. The molecule has 0 aliphatic rings. The van der Waals surface area contributed by atoms with Crippen molar-refractivity contribution in [3.05, 3.63) is 33.8 Å². The minimum Gasteiger partial charge on any atom is -0.444 e. The Morgan fingerprint density at radius 2 is 1.95 bits per heavy atom. The molecule has 0 bridgehead atoms. The van der Waals surface area contributed by atoms with E-state index in [1.807, 2.05) is 32.9 Å². The van der Waals surface area contributed by atoms with E-state index in [-0.39, 0.29) is 6.04 Å². The van der Waals surface area contributed by atoms with Crippen LogP contribution in [0.4, 0.5) is 4.79 Å². The molecule has 0 spiro atoms. The topological polar surface area (TPSA) is 50.4 Å². The van der Waals surface area contributed by atoms with Crippen LogP contribution < -0.4 is 10.6 Å². The number of nitrogens with one attached hydrogen (secondary N) is 2. The van der Waals surface area contributed by atoms with Crippen LogP contribution in [0, 0.1) is 0 Å². The van der Waals surface area contributed by atoms with Crippen LogP contribution in [0.3, 0.4) is 0 Å². The first-order valence-electron chi connectivity index (χ1n) is 7.35. The number of ether oxygens (including phenoxy) is 1. The predicted octanol–water partition coefficient (Wildman–Crippen LogP) is 4.39. The molecule has 0 saturated carbocycles. The second-order valence-corrected chi connectivity index (χ2v) is 6.93. The van der Waals surface area contributed by atoms with Gasteiger partial charge in [0.2, 0.25) is 0 Å². The number of benzene rings is 1. The smallest absolute Gasteiger partial charge is 0.407 e. The molecule has 2 N–H and O–H groups in total. The second-order valence-electron chi connectivity index (χ2n) is 6.12. The lowest BCUT2D eigenvalue weighted by molar-refractivity contribution is 0.0522. The van der Waals surface area contributed by atoms with Crippen molar-refractivity contribution in [1.29, 1.82) is 0 Å². The van der Waals surface area contributed by atoms with Crippen molar-refractivity contribution >= 4 is 29.3 Å². The van der Waals surface area contributed by atoms with Crippen LogP contribution in [0.1, 0.15) is 39.7 Å². The third-order valence-corrected chi connectivity index (χ3v) is 3.70. The van der Waals surface area contributed by atoms with Crippen molar-refractivity contribution < 1.29 is 9.53 Å². The fourth-order valence-corrected chi connectivity index (χ4v) is 2.11. The van der Waals surface area contributed by atoms with Gasteiger partial charge in [-0.25, -0.2) is 4.79 Å². The summed E-state index contributed by atoms with van der Waals surface area (Å²) in [6, 6.07) is 5.70. The van der Waals surface area contributed by atoms with E-state index in [2.05, 4.69) is 17.6 Å². The highest BCUT2D eigenvalue weighted by molar-refractivity contribution is 6.42. The van der Waals surface area contributed by atoms with Crippen LogP contribution in [0.25, 0.3) is 0 Å². The van der Waals surface area contributed by atoms with Gasteiger partial charge in [-0.3, -0.25) is 0 Å². The molecule has 1 rings (SSSR count). The Morgan fingerprint density at radius 1 is 1.27 bits per heavy atom. The number of rotatable bonds is 6. The number of halogens is 2. The first-order chi connectivity index (χ1) is 10.2. The Kier molecular flexibility index (Phi) is 7.46. The lowest BCUT2D eigenvalue weighted by Gasteiger charge is -2.22. The van der Waals surface area contributed by atoms with Crippen molar-refractivity contribution in [1.82, 2.24) is 10.6 Å². The Labute approximate surface area is 142 Å². The summed E-state index contributed by atoms with van der Waals surface area (Å²) >= 11 is 11.9. The highest BCUT2D eigenvalue weighted by atomic mass is 35.5. The third kappa shape index (κ3) is 7.34. The van der Waals surface area contributed by atoms with Gasteiger partial charge in [0.05, 0.1) is 10.0 Å². The normalized spacial score (nSPS) is 12.8. The summed E-state index contributed by atoms with van der Waals surface area (Å²) in [4.78, 5) is 11.6. The van der Waals surface area contributed by atoms with Gasteiger partial charge in [0, 0.05) is 19.1 Å². The molecule has 22 heavy (non-hydrogen) atoms. The third-order valence-electron chi connectivity index (χ3n) is 2.96. The van der Waals surface area contributed by atoms with Gasteiger partial charge in [-0.05, 0) is 44.9 Å². The van der Waals surface area contributed by atoms with Gasteiger partial charge in [0.25, 0.3) is 0 Å². The molecule has 1 unspecified atom stereocenters. The number of carbonyl (C=O) groups excluding carboxylic acids is 1. The second kappa shape index (κ2) is 8.61. The first kappa shape index (κ1) is 19.1. The van der Waals surface area contributed by atoms with E-state index in [1.54, 1.807) is 6.07 Å². The molecule has 0 heterocycles. The maximum Gasteiger partial charge on any atom is 0.407 e. The fourth-order valence-electron chi connectivity index (χ4n) is 1.79. The van der Waals surface area contributed by atoms with Crippen LogP contribution in [-0.4, -0.2) is 24.3 Å². The van der Waals surface area contributed by atoms with Gasteiger partial charge in [0.15, 0.2) is 0 Å². The van der Waals surface area contributed by atoms with Crippen LogP contribution >= 0.6 is 23.2 Å². The Morgan fingerprint density at radius 3 is 2.50 bits per heavy atom. The van der Waals surface area contributed by atoms with Crippen molar-refractivity contribution in [2.24, 2.45) is 0 Å². The quantitative estimate of drug-likeness (QED) is 0.803. The van der Waals surface area contributed by atoms with E-state index in [9.17, 15) is 4.79 Å². The summed E-state index contributed by atoms with van der Waals surface area (Å²) in [6.45, 7) is 8.74. The van der Waals surface area contributed by atoms with E-state index < -0.39 is 11.7 Å². The van der Waals surface area contributed by atoms with E-state index in [0.29, 0.717) is 23.1 Å². The van der Waals surface area contributed by atoms with Crippen LogP contribution in [0.2, 0.25) is 10.0 Å². The molecule has 1 amide bonds. The standard InChI is InChI=1S/C16H24Cl2N2O2/c1-5-12(10-20-15(21)22-16(2,3)4)19-9-11-6-7-13(17)14(18)8-11/h6-8,12,19H,5,9-10H2,1-4H3,(H,20,21). The average Bonchev–Trinajstić information content (AvgIpc) is 2.41. The average molecular weight is 347 g/mol. The summed E-state index contributed by atoms with van der Waals surface area (Å²) in [5, 5.41) is 7.24. The van der Waals surface area contributed by atoms with Crippen LogP contribution in [0.5, 0.6) is 0 Å². The summed E-state index contributed by atoms with van der Waals surface area (Å²) in [7, 11) is 0. The SMILES string of the molecule is CCC(CNC(=O)OC(C)(C)C)NCc1ccc(Cl)c(Cl)c1. The van der Waals surface area contributed by atoms with E-state index >= 15 is 0 Å². The molecule has 1 atom stereocenters. The largest absolute Gasteiger partial charge is 0.444 e. The molecule has 0 aromatic heterocycles. The molecule has 4 nitrogen and oxygen atoms in total. The number of hydrogen-bond donors (Lipinski definition) is 2. The van der Waals surface area contributed by atoms with E-state index in [4.69, 9.17) is 27.9 Å². The zero-order valence-electron chi connectivity index (χ0n) is 13.5. The predicted molar refractivity (Wildman–Crippen MR) is 91.6 cm³/mol. The molecule has 0 fully saturated rings. The number of carbonyl (C=O) groups is 1. The lowest BCUT2D eigenvalue weighted by Crippen LogP contribution is -2.42. The van der Waals surface area contributed by atoms with Gasteiger partial charge in [0.1, 0.15) is 5.60 Å². The number of hydrogen-bond acceptors (Lipinski definition) is 3. The molecule has 1 aromatic rings. The van der Waals surface area contributed by atoms with Crippen LogP contribution in [0.15, 0.2) is 18.2 Å². The highest BCUT2D eigenvalue weighted by Crippen LogP contribution is 2.22. The van der Waals surface area contributed by atoms with Gasteiger partial charge >= 0.3 is 6.09 Å². The maximum atomic E-state index is 11.6. The van der Waals surface area contributed by atoms with Gasteiger partial charge in [-0.15, -0.1) is 0 Å². The zero-order valence-corrected chi connectivity index (χ0v) is 15.0. The fraction of sp³-hybridized carbons (Fsp3) is 0.562. The van der Waals surface area contributed by atoms with Gasteiger partial charge in [-0.1, -0.05) is 36.2 Å². The molecule has 0 saturated heterocycles. The molecular weight excluding hydrogens is 323 g/mol. The molecule has 0 aliphatic carbocycles. The van der Waals surface area contributed by atoms with Crippen molar-refractivity contribution in [3.63, 3.8) is 0 Å². The minimum absolute atomic E-state index is 0.155. The van der Waals surface area contributed by atoms with E-state index in [1.165, 1.54) is 0 Å². The number of amides is 1. The molecule has 124 valence electrons. The molecular formula is C16H24Cl2N2O2. The Balaban J connectivity index is 2.42. The summed E-state index contributed by atoms with van der Waals surface area (Å²) < 4.78 is 5.21. The molecule has 1 aromatic carbocycles. The summed E-state index contributed by atoms with van der Waals surface area (Å²) in [5.74, 6) is 0. The maximum absolute atomic E-state index is 11.6. The van der Waals surface area contributed by atoms with Crippen molar-refractivity contribution in [3.8, 4) is 0 Å². The highest BCUT2D eigenvalue weighted by Gasteiger charge is 2.16. The monoisotopic (exact) mass is 346 g/mol. The van der Waals surface area contributed by atoms with Crippen molar-refractivity contribution in [2.45, 2.75) is 52.3 Å². The molecule has 0 radical (unpaired) electrons. The van der Waals surface area contributed by atoms with E-state index in [0.717, 1.165) is 12.0 Å². The van der Waals surface area contributed by atoms with Crippen molar-refractivity contribution in [2.75, 3.05) is 6.54 Å². The Hall–Kier alpha value is -0.970. The summed E-state index contributed by atoms with van der Waals surface area (Å²) in [6.07, 6.45) is 0.485. The Bertz CT molecular complexity index is 501.